The average Bonchev–Trinajstić information content (AvgIpc) is 3.20. The highest BCUT2D eigenvalue weighted by molar-refractivity contribution is 5.76. The van der Waals surface area contributed by atoms with Crippen molar-refractivity contribution in [1.82, 2.24) is 5.32 Å². The lowest BCUT2D eigenvalue weighted by Crippen LogP contribution is -2.60. The third kappa shape index (κ3) is 27.5. The molecule has 1 aliphatic heterocycles. The van der Waals surface area contributed by atoms with Gasteiger partial charge in [0, 0.05) is 6.42 Å². The first-order chi connectivity index (χ1) is 27.3. The van der Waals surface area contributed by atoms with Gasteiger partial charge in [-0.1, -0.05) is 171 Å². The van der Waals surface area contributed by atoms with Crippen LogP contribution in [0.15, 0.2) is 60.8 Å². The van der Waals surface area contributed by atoms with Crippen molar-refractivity contribution in [3.8, 4) is 0 Å². The van der Waals surface area contributed by atoms with E-state index in [1.165, 1.54) is 77.0 Å². The second kappa shape index (κ2) is 37.2. The third-order valence-corrected chi connectivity index (χ3v) is 10.3. The van der Waals surface area contributed by atoms with Crippen molar-refractivity contribution in [2.75, 3.05) is 13.2 Å². The average molecular weight is 790 g/mol. The number of hydrogen-bond acceptors (Lipinski definition) is 8. The fourth-order valence-electron chi connectivity index (χ4n) is 6.73. The summed E-state index contributed by atoms with van der Waals surface area (Å²) in [5, 5.41) is 54.1. The second-order valence-electron chi connectivity index (χ2n) is 15.5. The van der Waals surface area contributed by atoms with Crippen LogP contribution >= 0.6 is 0 Å². The molecule has 9 heteroatoms. The number of rotatable bonds is 36. The molecule has 0 bridgehead atoms. The molecule has 0 radical (unpaired) electrons. The molecule has 0 aliphatic carbocycles. The molecule has 0 spiro atoms. The first kappa shape index (κ1) is 51.9. The Labute approximate surface area is 341 Å². The quantitative estimate of drug-likeness (QED) is 0.0272. The van der Waals surface area contributed by atoms with Gasteiger partial charge in [0.15, 0.2) is 6.29 Å². The van der Waals surface area contributed by atoms with Crippen LogP contribution in [-0.2, 0) is 14.3 Å². The third-order valence-electron chi connectivity index (χ3n) is 10.3. The van der Waals surface area contributed by atoms with Gasteiger partial charge in [-0.25, -0.2) is 0 Å². The molecule has 9 nitrogen and oxygen atoms in total. The number of allylic oxidation sites excluding steroid dienone is 9. The molecule has 56 heavy (non-hydrogen) atoms. The van der Waals surface area contributed by atoms with Gasteiger partial charge in [-0.3, -0.25) is 4.79 Å². The molecule has 1 heterocycles. The Bertz CT molecular complexity index is 1060. The molecule has 1 aliphatic rings. The highest BCUT2D eigenvalue weighted by atomic mass is 16.7. The molecule has 7 unspecified atom stereocenters. The number of aliphatic hydroxyl groups is 5. The van der Waals surface area contributed by atoms with E-state index in [2.05, 4.69) is 67.8 Å². The first-order valence-corrected chi connectivity index (χ1v) is 22.5. The maximum absolute atomic E-state index is 12.9. The summed E-state index contributed by atoms with van der Waals surface area (Å²) in [4.78, 5) is 12.9. The molecule has 1 fully saturated rings. The highest BCUT2D eigenvalue weighted by Crippen LogP contribution is 2.22. The summed E-state index contributed by atoms with van der Waals surface area (Å²) < 4.78 is 11.2. The largest absolute Gasteiger partial charge is 0.394 e. The van der Waals surface area contributed by atoms with Crippen molar-refractivity contribution in [2.45, 2.75) is 217 Å². The van der Waals surface area contributed by atoms with Crippen molar-refractivity contribution >= 4 is 5.91 Å². The van der Waals surface area contributed by atoms with Gasteiger partial charge in [0.25, 0.3) is 0 Å². The van der Waals surface area contributed by atoms with E-state index in [9.17, 15) is 30.3 Å². The van der Waals surface area contributed by atoms with Crippen LogP contribution in [0.25, 0.3) is 0 Å². The lowest BCUT2D eigenvalue weighted by Gasteiger charge is -2.40. The standard InChI is InChI=1S/C47H83NO8/c1-3-5-7-9-11-13-15-17-19-21-23-25-27-29-31-33-35-37-43(51)48-40(39-55-47-46(54)45(53)44(52)42(38-49)56-47)41(50)36-34-32-30-28-26-24-22-20-18-16-14-12-10-8-6-4-2/h5,7,11,13,17,19,23,25,34,36,40-42,44-47,49-50,52-54H,3-4,6,8-10,12,14-16,18,20-22,24,26-33,35,37-39H2,1-2H3,(H,48,51)/b7-5-,13-11-,19-17-,25-23-,36-34+. The fraction of sp³-hybridized carbons (Fsp3) is 0.766. The Morgan fingerprint density at radius 2 is 1.11 bits per heavy atom. The van der Waals surface area contributed by atoms with Crippen molar-refractivity contribution in [2.24, 2.45) is 0 Å². The number of ether oxygens (including phenoxy) is 2. The van der Waals surface area contributed by atoms with Gasteiger partial charge in [-0.05, 0) is 57.8 Å². The number of carbonyl (C=O) groups is 1. The molecular formula is C47H83NO8. The van der Waals surface area contributed by atoms with Crippen LogP contribution < -0.4 is 5.32 Å². The van der Waals surface area contributed by atoms with Crippen molar-refractivity contribution < 1.29 is 39.8 Å². The number of unbranched alkanes of at least 4 members (excludes halogenated alkanes) is 18. The lowest BCUT2D eigenvalue weighted by molar-refractivity contribution is -0.302. The Morgan fingerprint density at radius 1 is 0.625 bits per heavy atom. The molecule has 0 aromatic rings. The SMILES string of the molecule is CC/C=C\C/C=C\C/C=C\C/C=C\CCCCCCC(=O)NC(COC1OC(CO)C(O)C(O)C1O)C(O)/C=C/CCCCCCCCCCCCCCCC. The van der Waals surface area contributed by atoms with E-state index in [4.69, 9.17) is 9.47 Å². The summed E-state index contributed by atoms with van der Waals surface area (Å²) in [5.74, 6) is -0.203. The minimum atomic E-state index is -1.57. The van der Waals surface area contributed by atoms with Crippen molar-refractivity contribution in [3.05, 3.63) is 60.8 Å². The predicted octanol–water partition coefficient (Wildman–Crippen LogP) is 9.22. The zero-order valence-electron chi connectivity index (χ0n) is 35.4. The van der Waals surface area contributed by atoms with Gasteiger partial charge in [0.05, 0.1) is 25.4 Å². The van der Waals surface area contributed by atoms with Crippen LogP contribution in [0.1, 0.15) is 174 Å². The van der Waals surface area contributed by atoms with E-state index >= 15 is 0 Å². The van der Waals surface area contributed by atoms with Crippen LogP contribution in [0, 0.1) is 0 Å². The minimum absolute atomic E-state index is 0.201. The van der Waals surface area contributed by atoms with E-state index in [0.717, 1.165) is 77.0 Å². The zero-order chi connectivity index (χ0) is 40.9. The zero-order valence-corrected chi connectivity index (χ0v) is 35.4. The Kier molecular flexibility index (Phi) is 34.5. The molecule has 1 saturated heterocycles. The van der Waals surface area contributed by atoms with Gasteiger partial charge in [-0.2, -0.15) is 0 Å². The highest BCUT2D eigenvalue weighted by Gasteiger charge is 2.44. The van der Waals surface area contributed by atoms with E-state index in [0.29, 0.717) is 6.42 Å². The molecule has 7 atom stereocenters. The molecule has 0 aromatic heterocycles. The monoisotopic (exact) mass is 790 g/mol. The van der Waals surface area contributed by atoms with Crippen LogP contribution in [0.5, 0.6) is 0 Å². The number of amides is 1. The minimum Gasteiger partial charge on any atom is -0.394 e. The van der Waals surface area contributed by atoms with E-state index in [1.54, 1.807) is 6.08 Å². The fourth-order valence-corrected chi connectivity index (χ4v) is 6.73. The van der Waals surface area contributed by atoms with E-state index in [-0.39, 0.29) is 12.5 Å². The van der Waals surface area contributed by atoms with Crippen LogP contribution in [-0.4, -0.2) is 87.5 Å². The maximum atomic E-state index is 12.9. The number of hydrogen-bond donors (Lipinski definition) is 6. The summed E-state index contributed by atoms with van der Waals surface area (Å²) in [5.41, 5.74) is 0. The number of aliphatic hydroxyl groups excluding tert-OH is 5. The predicted molar refractivity (Wildman–Crippen MR) is 230 cm³/mol. The molecule has 324 valence electrons. The molecule has 1 rings (SSSR count). The van der Waals surface area contributed by atoms with Crippen LogP contribution in [0.2, 0.25) is 0 Å². The number of carbonyl (C=O) groups excluding carboxylic acids is 1. The van der Waals surface area contributed by atoms with Crippen molar-refractivity contribution in [3.63, 3.8) is 0 Å². The summed E-state index contributed by atoms with van der Waals surface area (Å²) in [6.45, 7) is 3.63. The normalized spacial score (nSPS) is 21.7. The second-order valence-corrected chi connectivity index (χ2v) is 15.5. The first-order valence-electron chi connectivity index (χ1n) is 22.5. The van der Waals surface area contributed by atoms with Gasteiger partial charge >= 0.3 is 0 Å². The molecule has 1 amide bonds. The molecule has 6 N–H and O–H groups in total. The van der Waals surface area contributed by atoms with Gasteiger partial charge in [-0.15, -0.1) is 0 Å². The summed E-state index contributed by atoms with van der Waals surface area (Å²) >= 11 is 0. The number of nitrogens with one attached hydrogen (secondary N) is 1. The Balaban J connectivity index is 2.40. The van der Waals surface area contributed by atoms with Crippen molar-refractivity contribution in [1.29, 1.82) is 0 Å². The molecule has 0 aromatic carbocycles. The summed E-state index contributed by atoms with van der Waals surface area (Å²) in [6.07, 6.45) is 41.1. The van der Waals surface area contributed by atoms with E-state index < -0.39 is 49.5 Å². The lowest BCUT2D eigenvalue weighted by atomic mass is 9.99. The summed E-state index contributed by atoms with van der Waals surface area (Å²) in [6, 6.07) is -0.819. The maximum Gasteiger partial charge on any atom is 0.220 e. The Hall–Kier alpha value is -2.11. The van der Waals surface area contributed by atoms with Crippen LogP contribution in [0.3, 0.4) is 0 Å². The van der Waals surface area contributed by atoms with Gasteiger partial charge < -0.3 is 40.3 Å². The molecule has 0 saturated carbocycles. The van der Waals surface area contributed by atoms with Gasteiger partial charge in [0.2, 0.25) is 5.91 Å². The van der Waals surface area contributed by atoms with E-state index in [1.807, 2.05) is 6.08 Å². The topological polar surface area (TPSA) is 149 Å². The Morgan fingerprint density at radius 3 is 1.64 bits per heavy atom. The molecular weight excluding hydrogens is 707 g/mol. The summed E-state index contributed by atoms with van der Waals surface area (Å²) in [7, 11) is 0. The smallest absolute Gasteiger partial charge is 0.220 e. The van der Waals surface area contributed by atoms with Gasteiger partial charge in [0.1, 0.15) is 24.4 Å². The van der Waals surface area contributed by atoms with Crippen LogP contribution in [0.4, 0.5) is 0 Å².